The molecule has 1 aromatic rings. The number of ether oxygens (including phenoxy) is 1. The van der Waals surface area contributed by atoms with E-state index >= 15 is 0 Å². The van der Waals surface area contributed by atoms with Gasteiger partial charge in [-0.15, -0.1) is 0 Å². The minimum absolute atomic E-state index is 0.0110. The van der Waals surface area contributed by atoms with Crippen LogP contribution in [0.25, 0.3) is 0 Å². The SMILES string of the molecule is COc1ccccc1C1(C(=O)N2CCC(S(N)(=O)=O)C2)CC1. The maximum Gasteiger partial charge on any atom is 0.233 e. The van der Waals surface area contributed by atoms with Gasteiger partial charge in [-0.25, -0.2) is 13.6 Å². The van der Waals surface area contributed by atoms with Crippen molar-refractivity contribution >= 4 is 15.9 Å². The fourth-order valence-corrected chi connectivity index (χ4v) is 4.07. The number of hydrogen-bond donors (Lipinski definition) is 1. The first-order valence-corrected chi connectivity index (χ1v) is 8.94. The van der Waals surface area contributed by atoms with E-state index in [2.05, 4.69) is 0 Å². The molecule has 1 heterocycles. The van der Waals surface area contributed by atoms with E-state index in [1.54, 1.807) is 12.0 Å². The molecule has 1 aromatic carbocycles. The number of methoxy groups -OCH3 is 1. The molecule has 2 N–H and O–H groups in total. The van der Waals surface area contributed by atoms with Gasteiger partial charge < -0.3 is 9.64 Å². The van der Waals surface area contributed by atoms with Gasteiger partial charge in [0, 0.05) is 18.7 Å². The lowest BCUT2D eigenvalue weighted by molar-refractivity contribution is -0.132. The van der Waals surface area contributed by atoms with Crippen LogP contribution < -0.4 is 9.88 Å². The molecule has 1 aliphatic heterocycles. The van der Waals surface area contributed by atoms with Crippen molar-refractivity contribution in [3.05, 3.63) is 29.8 Å². The second-order valence-corrected chi connectivity index (χ2v) is 7.88. The second-order valence-electron chi connectivity index (χ2n) is 6.03. The molecule has 0 bridgehead atoms. The highest BCUT2D eigenvalue weighted by molar-refractivity contribution is 7.89. The molecule has 1 unspecified atom stereocenters. The second kappa shape index (κ2) is 5.24. The van der Waals surface area contributed by atoms with Crippen LogP contribution in [0.3, 0.4) is 0 Å². The molecule has 2 aliphatic rings. The van der Waals surface area contributed by atoms with Crippen molar-refractivity contribution in [2.45, 2.75) is 29.9 Å². The van der Waals surface area contributed by atoms with Gasteiger partial charge in [-0.1, -0.05) is 18.2 Å². The monoisotopic (exact) mass is 324 g/mol. The summed E-state index contributed by atoms with van der Waals surface area (Å²) in [5.41, 5.74) is 0.335. The van der Waals surface area contributed by atoms with E-state index < -0.39 is 20.7 Å². The van der Waals surface area contributed by atoms with E-state index in [1.165, 1.54) is 0 Å². The number of para-hydroxylation sites is 1. The van der Waals surface area contributed by atoms with Crippen LogP contribution in [-0.4, -0.2) is 44.7 Å². The average molecular weight is 324 g/mol. The standard InChI is InChI=1S/C15H20N2O4S/c1-21-13-5-3-2-4-12(13)15(7-8-15)14(18)17-9-6-11(10-17)22(16,19)20/h2-5,11H,6-10H2,1H3,(H2,16,19,20). The van der Waals surface area contributed by atoms with Gasteiger partial charge in [0.1, 0.15) is 5.75 Å². The zero-order valence-corrected chi connectivity index (χ0v) is 13.3. The van der Waals surface area contributed by atoms with Crippen LogP contribution in [0.2, 0.25) is 0 Å². The molecule has 7 heteroatoms. The van der Waals surface area contributed by atoms with E-state index in [9.17, 15) is 13.2 Å². The molecule has 6 nitrogen and oxygen atoms in total. The first-order valence-electron chi connectivity index (χ1n) is 7.33. The van der Waals surface area contributed by atoms with Gasteiger partial charge in [-0.05, 0) is 25.3 Å². The quantitative estimate of drug-likeness (QED) is 0.879. The third-order valence-electron chi connectivity index (χ3n) is 4.68. The summed E-state index contributed by atoms with van der Waals surface area (Å²) in [6.45, 7) is 0.630. The third kappa shape index (κ3) is 2.48. The third-order valence-corrected chi connectivity index (χ3v) is 5.99. The molecule has 2 fully saturated rings. The Labute approximate surface area is 130 Å². The van der Waals surface area contributed by atoms with E-state index in [0.717, 1.165) is 18.4 Å². The molecule has 1 saturated carbocycles. The number of sulfonamides is 1. The molecule has 120 valence electrons. The molecule has 1 atom stereocenters. The Balaban J connectivity index is 1.84. The van der Waals surface area contributed by atoms with Crippen LogP contribution >= 0.6 is 0 Å². The maximum absolute atomic E-state index is 12.9. The number of carbonyl (C=O) groups is 1. The number of hydrogen-bond acceptors (Lipinski definition) is 4. The highest BCUT2D eigenvalue weighted by atomic mass is 32.2. The van der Waals surface area contributed by atoms with Crippen molar-refractivity contribution in [3.8, 4) is 5.75 Å². The predicted molar refractivity (Wildman–Crippen MR) is 82.0 cm³/mol. The molecule has 0 aromatic heterocycles. The highest BCUT2D eigenvalue weighted by Crippen LogP contribution is 2.52. The Kier molecular flexibility index (Phi) is 3.65. The Morgan fingerprint density at radius 1 is 1.36 bits per heavy atom. The van der Waals surface area contributed by atoms with E-state index in [4.69, 9.17) is 9.88 Å². The summed E-state index contributed by atoms with van der Waals surface area (Å²) >= 11 is 0. The van der Waals surface area contributed by atoms with Crippen molar-refractivity contribution in [1.82, 2.24) is 4.90 Å². The molecule has 0 spiro atoms. The summed E-state index contributed by atoms with van der Waals surface area (Å²) in [6, 6.07) is 7.52. The number of likely N-dealkylation sites (tertiary alicyclic amines) is 1. The summed E-state index contributed by atoms with van der Waals surface area (Å²) in [7, 11) is -2.00. The average Bonchev–Trinajstić information content (AvgIpc) is 3.13. The summed E-state index contributed by atoms with van der Waals surface area (Å²) < 4.78 is 28.3. The Morgan fingerprint density at radius 2 is 2.05 bits per heavy atom. The van der Waals surface area contributed by atoms with Gasteiger partial charge in [0.2, 0.25) is 15.9 Å². The number of rotatable bonds is 4. The molecule has 3 rings (SSSR count). The lowest BCUT2D eigenvalue weighted by atomic mass is 9.93. The highest BCUT2D eigenvalue weighted by Gasteiger charge is 2.55. The van der Waals surface area contributed by atoms with Crippen molar-refractivity contribution < 1.29 is 17.9 Å². The van der Waals surface area contributed by atoms with Crippen LogP contribution in [0.4, 0.5) is 0 Å². The zero-order valence-electron chi connectivity index (χ0n) is 12.5. The van der Waals surface area contributed by atoms with Crippen molar-refractivity contribution in [2.24, 2.45) is 5.14 Å². The minimum Gasteiger partial charge on any atom is -0.496 e. The van der Waals surface area contributed by atoms with Crippen molar-refractivity contribution in [3.63, 3.8) is 0 Å². The van der Waals surface area contributed by atoms with Crippen LogP contribution in [0.1, 0.15) is 24.8 Å². The Morgan fingerprint density at radius 3 is 2.59 bits per heavy atom. The number of amides is 1. The normalized spacial score (nSPS) is 23.4. The van der Waals surface area contributed by atoms with Gasteiger partial charge >= 0.3 is 0 Å². The van der Waals surface area contributed by atoms with Crippen molar-refractivity contribution in [2.75, 3.05) is 20.2 Å². The predicted octanol–water partition coefficient (Wildman–Crippen LogP) is 0.616. The lowest BCUT2D eigenvalue weighted by Crippen LogP contribution is -2.40. The molecule has 0 radical (unpaired) electrons. The molecule has 1 aliphatic carbocycles. The summed E-state index contributed by atoms with van der Waals surface area (Å²) in [5, 5.41) is 4.55. The van der Waals surface area contributed by atoms with E-state index in [1.807, 2.05) is 24.3 Å². The number of benzene rings is 1. The topological polar surface area (TPSA) is 89.7 Å². The summed E-state index contributed by atoms with van der Waals surface area (Å²) in [6.07, 6.45) is 1.94. The van der Waals surface area contributed by atoms with Gasteiger partial charge in [0.15, 0.2) is 0 Å². The molecular formula is C15H20N2O4S. The Bertz CT molecular complexity index is 697. The maximum atomic E-state index is 12.9. The number of carbonyl (C=O) groups excluding carboxylic acids is 1. The summed E-state index contributed by atoms with van der Waals surface area (Å²) in [4.78, 5) is 14.5. The van der Waals surface area contributed by atoms with Crippen molar-refractivity contribution in [1.29, 1.82) is 0 Å². The number of nitrogens with two attached hydrogens (primary N) is 1. The fraction of sp³-hybridized carbons (Fsp3) is 0.533. The molecular weight excluding hydrogens is 304 g/mol. The Hall–Kier alpha value is -1.60. The van der Waals surface area contributed by atoms with Crippen LogP contribution in [0, 0.1) is 0 Å². The van der Waals surface area contributed by atoms with Crippen LogP contribution in [0.5, 0.6) is 5.75 Å². The van der Waals surface area contributed by atoms with Gasteiger partial charge in [0.05, 0.1) is 17.8 Å². The molecule has 1 saturated heterocycles. The van der Waals surface area contributed by atoms with E-state index in [-0.39, 0.29) is 12.5 Å². The first kappa shape index (κ1) is 15.3. The van der Waals surface area contributed by atoms with Crippen LogP contribution in [-0.2, 0) is 20.2 Å². The number of nitrogens with zero attached hydrogens (tertiary/aromatic N) is 1. The minimum atomic E-state index is -3.59. The smallest absolute Gasteiger partial charge is 0.233 e. The lowest BCUT2D eigenvalue weighted by Gasteiger charge is -2.24. The number of primary sulfonamides is 1. The van der Waals surface area contributed by atoms with Gasteiger partial charge in [-0.3, -0.25) is 4.79 Å². The molecule has 22 heavy (non-hydrogen) atoms. The van der Waals surface area contributed by atoms with Crippen LogP contribution in [0.15, 0.2) is 24.3 Å². The van der Waals surface area contributed by atoms with Gasteiger partial charge in [-0.2, -0.15) is 0 Å². The summed E-state index contributed by atoms with van der Waals surface area (Å²) in [5.74, 6) is 0.693. The fourth-order valence-electron chi connectivity index (χ4n) is 3.25. The molecule has 1 amide bonds. The van der Waals surface area contributed by atoms with Gasteiger partial charge in [0.25, 0.3) is 0 Å². The largest absolute Gasteiger partial charge is 0.496 e. The van der Waals surface area contributed by atoms with E-state index in [0.29, 0.717) is 18.7 Å². The zero-order chi connectivity index (χ0) is 16.0. The first-order chi connectivity index (χ1) is 10.4.